The summed E-state index contributed by atoms with van der Waals surface area (Å²) in [6.07, 6.45) is 3.68. The number of pyridine rings is 1. The summed E-state index contributed by atoms with van der Waals surface area (Å²) < 4.78 is 0. The maximum Gasteiger partial charge on any atom is 0.132 e. The van der Waals surface area contributed by atoms with Crippen LogP contribution in [0.3, 0.4) is 0 Å². The quantitative estimate of drug-likeness (QED) is 0.910. The molecule has 2 N–H and O–H groups in total. The molecule has 1 fully saturated rings. The second kappa shape index (κ2) is 5.41. The van der Waals surface area contributed by atoms with Crippen LogP contribution < -0.4 is 10.6 Å². The smallest absolute Gasteiger partial charge is 0.132 e. The first kappa shape index (κ1) is 13.4. The summed E-state index contributed by atoms with van der Waals surface area (Å²) in [5.74, 6) is 1.12. The molecule has 1 aliphatic rings. The van der Waals surface area contributed by atoms with Crippen LogP contribution in [0.15, 0.2) is 30.3 Å². The summed E-state index contributed by atoms with van der Waals surface area (Å²) in [4.78, 5) is 7.33. The van der Waals surface area contributed by atoms with Gasteiger partial charge in [-0.05, 0) is 50.8 Å². The lowest BCUT2D eigenvalue weighted by Gasteiger charge is -2.39. The van der Waals surface area contributed by atoms with Crippen LogP contribution in [0.1, 0.15) is 31.7 Å². The molecule has 3 heteroatoms. The van der Waals surface area contributed by atoms with Gasteiger partial charge in [0.2, 0.25) is 0 Å². The van der Waals surface area contributed by atoms with Crippen LogP contribution in [0.5, 0.6) is 0 Å². The number of hydrogen-bond acceptors (Lipinski definition) is 3. The molecule has 3 rings (SSSR count). The molecule has 0 saturated carbocycles. The van der Waals surface area contributed by atoms with Gasteiger partial charge in [0.15, 0.2) is 0 Å². The highest BCUT2D eigenvalue weighted by Gasteiger charge is 2.27. The van der Waals surface area contributed by atoms with Gasteiger partial charge in [0.1, 0.15) is 5.82 Å². The predicted molar refractivity (Wildman–Crippen MR) is 85.1 cm³/mol. The first-order chi connectivity index (χ1) is 9.66. The third kappa shape index (κ3) is 2.38. The van der Waals surface area contributed by atoms with E-state index < -0.39 is 0 Å². The summed E-state index contributed by atoms with van der Waals surface area (Å²) in [6.45, 7) is 5.33. The third-order valence-electron chi connectivity index (χ3n) is 4.32. The highest BCUT2D eigenvalue weighted by Crippen LogP contribution is 2.29. The molecule has 2 atom stereocenters. The highest BCUT2D eigenvalue weighted by atomic mass is 15.2. The van der Waals surface area contributed by atoms with Gasteiger partial charge in [-0.3, -0.25) is 0 Å². The van der Waals surface area contributed by atoms with Crippen molar-refractivity contribution in [3.8, 4) is 0 Å². The maximum absolute atomic E-state index is 6.19. The molecule has 1 aliphatic heterocycles. The molecule has 1 saturated heterocycles. The van der Waals surface area contributed by atoms with Crippen LogP contribution in [-0.4, -0.2) is 23.6 Å². The summed E-state index contributed by atoms with van der Waals surface area (Å²) >= 11 is 0. The summed E-state index contributed by atoms with van der Waals surface area (Å²) in [6, 6.07) is 11.2. The Morgan fingerprint density at radius 3 is 2.90 bits per heavy atom. The van der Waals surface area contributed by atoms with Crippen molar-refractivity contribution in [1.29, 1.82) is 0 Å². The molecule has 1 aromatic heterocycles. The molecule has 2 aromatic rings. The van der Waals surface area contributed by atoms with E-state index in [1.54, 1.807) is 0 Å². The second-order valence-corrected chi connectivity index (χ2v) is 5.94. The summed E-state index contributed by atoms with van der Waals surface area (Å²) in [5, 5.41) is 1.21. The Bertz CT molecular complexity index is 606. The molecule has 106 valence electrons. The molecular formula is C17H23N3. The molecule has 2 unspecified atom stereocenters. The van der Waals surface area contributed by atoms with Crippen LogP contribution in [0.2, 0.25) is 0 Å². The fraction of sp³-hybridized carbons (Fsp3) is 0.471. The van der Waals surface area contributed by atoms with E-state index in [1.807, 2.05) is 6.07 Å². The molecule has 0 radical (unpaired) electrons. The van der Waals surface area contributed by atoms with Gasteiger partial charge in [-0.25, -0.2) is 4.98 Å². The number of hydrogen-bond donors (Lipinski definition) is 1. The van der Waals surface area contributed by atoms with Crippen molar-refractivity contribution in [3.63, 3.8) is 0 Å². The second-order valence-electron chi connectivity index (χ2n) is 5.94. The van der Waals surface area contributed by atoms with Gasteiger partial charge in [0.05, 0.1) is 5.52 Å². The zero-order valence-corrected chi connectivity index (χ0v) is 12.3. The minimum atomic E-state index is 0.183. The largest absolute Gasteiger partial charge is 0.352 e. The van der Waals surface area contributed by atoms with E-state index >= 15 is 0 Å². The number of fused-ring (bicyclic) bond motifs is 1. The molecule has 0 aliphatic carbocycles. The van der Waals surface area contributed by atoms with E-state index in [4.69, 9.17) is 10.7 Å². The fourth-order valence-corrected chi connectivity index (χ4v) is 3.27. The Labute approximate surface area is 120 Å². The normalized spacial score (nSPS) is 21.1. The topological polar surface area (TPSA) is 42.2 Å². The van der Waals surface area contributed by atoms with Crippen molar-refractivity contribution in [2.24, 2.45) is 5.73 Å². The Kier molecular flexibility index (Phi) is 3.62. The third-order valence-corrected chi connectivity index (χ3v) is 4.32. The minimum Gasteiger partial charge on any atom is -0.352 e. The average molecular weight is 269 g/mol. The number of nitrogens with two attached hydrogens (primary N) is 1. The van der Waals surface area contributed by atoms with E-state index in [1.165, 1.54) is 30.2 Å². The van der Waals surface area contributed by atoms with Crippen LogP contribution in [0.4, 0.5) is 5.82 Å². The number of aryl methyl sites for hydroxylation is 1. The molecule has 2 heterocycles. The number of nitrogens with zero attached hydrogens (tertiary/aromatic N) is 2. The zero-order chi connectivity index (χ0) is 14.1. The fourth-order valence-electron chi connectivity index (χ4n) is 3.27. The van der Waals surface area contributed by atoms with E-state index in [9.17, 15) is 0 Å². The molecule has 1 aromatic carbocycles. The number of anilines is 1. The molecule has 3 nitrogen and oxygen atoms in total. The van der Waals surface area contributed by atoms with Crippen molar-refractivity contribution in [3.05, 3.63) is 35.9 Å². The average Bonchev–Trinajstić information content (AvgIpc) is 2.46. The Morgan fingerprint density at radius 2 is 2.10 bits per heavy atom. The monoisotopic (exact) mass is 269 g/mol. The van der Waals surface area contributed by atoms with Gasteiger partial charge in [0, 0.05) is 24.0 Å². The summed E-state index contributed by atoms with van der Waals surface area (Å²) in [5.41, 5.74) is 8.51. The molecule has 0 spiro atoms. The van der Waals surface area contributed by atoms with E-state index in [-0.39, 0.29) is 6.04 Å². The van der Waals surface area contributed by atoms with E-state index in [0.29, 0.717) is 6.04 Å². The number of piperidine rings is 1. The number of benzene rings is 1. The lowest BCUT2D eigenvalue weighted by atomic mass is 9.96. The van der Waals surface area contributed by atoms with Crippen LogP contribution >= 0.6 is 0 Å². The van der Waals surface area contributed by atoms with Gasteiger partial charge in [-0.15, -0.1) is 0 Å². The maximum atomic E-state index is 6.19. The standard InChI is InChI=1S/C17H23N3/c1-12-11-14-7-3-4-8-15(14)19-17(12)20-10-6-5-9-16(20)13(2)18/h3-4,7-8,11,13,16H,5-6,9-10,18H2,1-2H3. The number of para-hydroxylation sites is 1. The van der Waals surface area contributed by atoms with Crippen molar-refractivity contribution >= 4 is 16.7 Å². The van der Waals surface area contributed by atoms with E-state index in [0.717, 1.165) is 17.9 Å². The molecule has 0 bridgehead atoms. The Morgan fingerprint density at radius 1 is 1.30 bits per heavy atom. The Balaban J connectivity index is 2.05. The first-order valence-electron chi connectivity index (χ1n) is 7.55. The van der Waals surface area contributed by atoms with Crippen molar-refractivity contribution in [1.82, 2.24) is 4.98 Å². The van der Waals surface area contributed by atoms with Crippen LogP contribution in [0.25, 0.3) is 10.9 Å². The lowest BCUT2D eigenvalue weighted by Crippen LogP contribution is -2.49. The molecule has 20 heavy (non-hydrogen) atoms. The SMILES string of the molecule is Cc1cc2ccccc2nc1N1CCCCC1C(C)N. The summed E-state index contributed by atoms with van der Waals surface area (Å²) in [7, 11) is 0. The number of rotatable bonds is 2. The van der Waals surface area contributed by atoms with Crippen LogP contribution in [0, 0.1) is 6.92 Å². The highest BCUT2D eigenvalue weighted by molar-refractivity contribution is 5.81. The first-order valence-corrected chi connectivity index (χ1v) is 7.55. The van der Waals surface area contributed by atoms with Gasteiger partial charge in [-0.2, -0.15) is 0 Å². The molecular weight excluding hydrogens is 246 g/mol. The van der Waals surface area contributed by atoms with Gasteiger partial charge in [-0.1, -0.05) is 18.2 Å². The van der Waals surface area contributed by atoms with Gasteiger partial charge < -0.3 is 10.6 Å². The van der Waals surface area contributed by atoms with Crippen LogP contribution in [-0.2, 0) is 0 Å². The van der Waals surface area contributed by atoms with Gasteiger partial charge in [0.25, 0.3) is 0 Å². The van der Waals surface area contributed by atoms with Gasteiger partial charge >= 0.3 is 0 Å². The van der Waals surface area contributed by atoms with E-state index in [2.05, 4.69) is 43.0 Å². The van der Waals surface area contributed by atoms with Crippen molar-refractivity contribution in [2.45, 2.75) is 45.2 Å². The lowest BCUT2D eigenvalue weighted by molar-refractivity contribution is 0.411. The number of aromatic nitrogens is 1. The van der Waals surface area contributed by atoms with Crippen molar-refractivity contribution < 1.29 is 0 Å². The minimum absolute atomic E-state index is 0.183. The van der Waals surface area contributed by atoms with Crippen molar-refractivity contribution in [2.75, 3.05) is 11.4 Å². The molecule has 0 amide bonds. The predicted octanol–water partition coefficient (Wildman–Crippen LogP) is 3.25. The Hall–Kier alpha value is -1.61. The zero-order valence-electron chi connectivity index (χ0n) is 12.3.